The number of benzene rings is 1. The number of ether oxygens (including phenoxy) is 1. The van der Waals surface area contributed by atoms with Gasteiger partial charge in [0.1, 0.15) is 0 Å². The molecule has 0 radical (unpaired) electrons. The Hall–Kier alpha value is -1.43. The van der Waals surface area contributed by atoms with Crippen molar-refractivity contribution in [1.29, 1.82) is 0 Å². The number of carbonyl (C=O) groups is 1. The minimum Gasteiger partial charge on any atom is -0.462 e. The van der Waals surface area contributed by atoms with Gasteiger partial charge in [0.2, 0.25) is 0 Å². The number of aliphatic hydroxyl groups excluding tert-OH is 1. The Morgan fingerprint density at radius 1 is 1.18 bits per heavy atom. The zero-order valence-electron chi connectivity index (χ0n) is 13.9. The average molecular weight is 308 g/mol. The molecule has 0 amide bonds. The minimum absolute atomic E-state index is 0.307. The molecule has 0 aliphatic heterocycles. The Kier molecular flexibility index (Phi) is 8.74. The number of hydrogen-bond donors (Lipinski definition) is 1. The molecule has 1 aromatic rings. The molecule has 0 aromatic heterocycles. The largest absolute Gasteiger partial charge is 0.462 e. The van der Waals surface area contributed by atoms with E-state index >= 15 is 0 Å². The molecule has 5 heteroatoms. The van der Waals surface area contributed by atoms with E-state index in [0.29, 0.717) is 31.6 Å². The number of hydrogen-bond acceptors (Lipinski definition) is 5. The van der Waals surface area contributed by atoms with Crippen LogP contribution < -0.4 is 0 Å². The van der Waals surface area contributed by atoms with Crippen LogP contribution in [0.3, 0.4) is 0 Å². The normalized spacial score (nSPS) is 12.6. The van der Waals surface area contributed by atoms with Crippen LogP contribution in [-0.2, 0) is 4.74 Å². The summed E-state index contributed by atoms with van der Waals surface area (Å²) in [5.74, 6) is -0.307. The SMILES string of the molecule is CN(C)CCN(C)CC(O)CCCOC(=O)c1ccccc1. The van der Waals surface area contributed by atoms with Crippen molar-refractivity contribution in [2.24, 2.45) is 0 Å². The summed E-state index contributed by atoms with van der Waals surface area (Å²) < 4.78 is 5.19. The first-order valence-electron chi connectivity index (χ1n) is 7.72. The van der Waals surface area contributed by atoms with Crippen LogP contribution in [0.1, 0.15) is 23.2 Å². The summed E-state index contributed by atoms with van der Waals surface area (Å²) in [4.78, 5) is 15.9. The number of carbonyl (C=O) groups excluding carboxylic acids is 1. The van der Waals surface area contributed by atoms with E-state index in [1.807, 2.05) is 39.3 Å². The van der Waals surface area contributed by atoms with Crippen LogP contribution in [0.2, 0.25) is 0 Å². The Morgan fingerprint density at radius 3 is 2.50 bits per heavy atom. The standard InChI is InChI=1S/C17H28N2O3/c1-18(2)11-12-19(3)14-16(20)10-7-13-22-17(21)15-8-5-4-6-9-15/h4-6,8-9,16,20H,7,10-14H2,1-3H3. The third-order valence-electron chi connectivity index (χ3n) is 3.38. The van der Waals surface area contributed by atoms with Gasteiger partial charge in [0.25, 0.3) is 0 Å². The summed E-state index contributed by atoms with van der Waals surface area (Å²) in [6.07, 6.45) is 0.915. The zero-order chi connectivity index (χ0) is 16.4. The lowest BCUT2D eigenvalue weighted by Crippen LogP contribution is -2.34. The number of rotatable bonds is 10. The fraction of sp³-hybridized carbons (Fsp3) is 0.588. The summed E-state index contributed by atoms with van der Waals surface area (Å²) in [5.41, 5.74) is 0.562. The van der Waals surface area contributed by atoms with Crippen LogP contribution in [0.5, 0.6) is 0 Å². The summed E-state index contributed by atoms with van der Waals surface area (Å²) in [5, 5.41) is 9.97. The number of esters is 1. The van der Waals surface area contributed by atoms with E-state index in [0.717, 1.165) is 13.1 Å². The van der Waals surface area contributed by atoms with E-state index in [1.165, 1.54) is 0 Å². The Bertz CT molecular complexity index is 423. The number of likely N-dealkylation sites (N-methyl/N-ethyl adjacent to an activating group) is 2. The van der Waals surface area contributed by atoms with Crippen molar-refractivity contribution in [3.05, 3.63) is 35.9 Å². The van der Waals surface area contributed by atoms with E-state index < -0.39 is 0 Å². The van der Waals surface area contributed by atoms with E-state index in [-0.39, 0.29) is 12.1 Å². The highest BCUT2D eigenvalue weighted by Crippen LogP contribution is 2.04. The molecule has 124 valence electrons. The number of aliphatic hydroxyl groups is 1. The first-order chi connectivity index (χ1) is 10.5. The molecule has 1 N–H and O–H groups in total. The van der Waals surface area contributed by atoms with E-state index in [9.17, 15) is 9.90 Å². The third kappa shape index (κ3) is 8.12. The van der Waals surface area contributed by atoms with Crippen LogP contribution in [0.15, 0.2) is 30.3 Å². The Balaban J connectivity index is 2.12. The Morgan fingerprint density at radius 2 is 1.86 bits per heavy atom. The molecule has 0 saturated heterocycles. The van der Waals surface area contributed by atoms with Crippen LogP contribution >= 0.6 is 0 Å². The second-order valence-corrected chi connectivity index (χ2v) is 5.86. The van der Waals surface area contributed by atoms with E-state index in [2.05, 4.69) is 9.80 Å². The van der Waals surface area contributed by atoms with E-state index in [4.69, 9.17) is 4.74 Å². The van der Waals surface area contributed by atoms with Gasteiger partial charge in [-0.15, -0.1) is 0 Å². The maximum Gasteiger partial charge on any atom is 0.338 e. The van der Waals surface area contributed by atoms with Gasteiger partial charge >= 0.3 is 5.97 Å². The summed E-state index contributed by atoms with van der Waals surface area (Å²) >= 11 is 0. The fourth-order valence-corrected chi connectivity index (χ4v) is 2.05. The van der Waals surface area contributed by atoms with Crippen molar-refractivity contribution in [1.82, 2.24) is 9.80 Å². The van der Waals surface area contributed by atoms with Crippen molar-refractivity contribution >= 4 is 5.97 Å². The molecule has 1 aromatic carbocycles. The topological polar surface area (TPSA) is 53.0 Å². The van der Waals surface area contributed by atoms with Crippen molar-refractivity contribution in [3.8, 4) is 0 Å². The summed E-state index contributed by atoms with van der Waals surface area (Å²) in [6.45, 7) is 2.87. The molecule has 0 heterocycles. The smallest absolute Gasteiger partial charge is 0.338 e. The van der Waals surface area contributed by atoms with Crippen LogP contribution in [0.25, 0.3) is 0 Å². The predicted octanol–water partition coefficient (Wildman–Crippen LogP) is 1.48. The highest BCUT2D eigenvalue weighted by atomic mass is 16.5. The van der Waals surface area contributed by atoms with Crippen molar-refractivity contribution in [2.75, 3.05) is 47.4 Å². The van der Waals surface area contributed by atoms with Crippen molar-refractivity contribution < 1.29 is 14.6 Å². The highest BCUT2D eigenvalue weighted by Gasteiger charge is 2.10. The molecule has 1 atom stereocenters. The van der Waals surface area contributed by atoms with Gasteiger partial charge in [0.05, 0.1) is 18.3 Å². The molecule has 0 aliphatic carbocycles. The lowest BCUT2D eigenvalue weighted by atomic mass is 10.2. The van der Waals surface area contributed by atoms with Crippen LogP contribution in [-0.4, -0.2) is 74.4 Å². The molecule has 0 saturated carbocycles. The molecule has 1 rings (SSSR count). The lowest BCUT2D eigenvalue weighted by molar-refractivity contribution is 0.0464. The second-order valence-electron chi connectivity index (χ2n) is 5.86. The maximum atomic E-state index is 11.7. The lowest BCUT2D eigenvalue weighted by Gasteiger charge is -2.22. The molecule has 0 fully saturated rings. The molecule has 0 aliphatic rings. The van der Waals surface area contributed by atoms with Gasteiger partial charge in [-0.1, -0.05) is 18.2 Å². The molecule has 0 spiro atoms. The first kappa shape index (κ1) is 18.6. The third-order valence-corrected chi connectivity index (χ3v) is 3.38. The fourth-order valence-electron chi connectivity index (χ4n) is 2.05. The molecular weight excluding hydrogens is 280 g/mol. The quantitative estimate of drug-likeness (QED) is 0.524. The van der Waals surface area contributed by atoms with Gasteiger partial charge in [0.15, 0.2) is 0 Å². The van der Waals surface area contributed by atoms with Crippen molar-refractivity contribution in [3.63, 3.8) is 0 Å². The molecule has 5 nitrogen and oxygen atoms in total. The van der Waals surface area contributed by atoms with Gasteiger partial charge in [-0.3, -0.25) is 0 Å². The monoisotopic (exact) mass is 308 g/mol. The van der Waals surface area contributed by atoms with E-state index in [1.54, 1.807) is 12.1 Å². The molecule has 22 heavy (non-hydrogen) atoms. The molecular formula is C17H28N2O3. The first-order valence-corrected chi connectivity index (χ1v) is 7.72. The van der Waals surface area contributed by atoms with Crippen LogP contribution in [0, 0.1) is 0 Å². The molecule has 0 bridgehead atoms. The van der Waals surface area contributed by atoms with Gasteiger partial charge in [-0.05, 0) is 46.1 Å². The number of nitrogens with zero attached hydrogens (tertiary/aromatic N) is 2. The van der Waals surface area contributed by atoms with Gasteiger partial charge < -0.3 is 19.6 Å². The summed E-state index contributed by atoms with van der Waals surface area (Å²) in [7, 11) is 6.07. The van der Waals surface area contributed by atoms with Gasteiger partial charge in [0, 0.05) is 19.6 Å². The maximum absolute atomic E-state index is 11.7. The highest BCUT2D eigenvalue weighted by molar-refractivity contribution is 5.89. The van der Waals surface area contributed by atoms with Gasteiger partial charge in [-0.25, -0.2) is 4.79 Å². The van der Waals surface area contributed by atoms with Crippen molar-refractivity contribution in [2.45, 2.75) is 18.9 Å². The second kappa shape index (κ2) is 10.3. The Labute approximate surface area is 133 Å². The predicted molar refractivity (Wildman–Crippen MR) is 88.0 cm³/mol. The summed E-state index contributed by atoms with van der Waals surface area (Å²) in [6, 6.07) is 8.95. The van der Waals surface area contributed by atoms with Crippen LogP contribution in [0.4, 0.5) is 0 Å². The average Bonchev–Trinajstić information content (AvgIpc) is 2.50. The van der Waals surface area contributed by atoms with Gasteiger partial charge in [-0.2, -0.15) is 0 Å². The minimum atomic E-state index is -0.386. The molecule has 1 unspecified atom stereocenters. The zero-order valence-corrected chi connectivity index (χ0v) is 13.9.